The number of furan rings is 1. The van der Waals surface area contributed by atoms with Gasteiger partial charge < -0.3 is 14.3 Å². The third-order valence-electron chi connectivity index (χ3n) is 5.67. The van der Waals surface area contributed by atoms with Crippen LogP contribution in [0.1, 0.15) is 11.1 Å². The molecular weight excluding hydrogens is 372 g/mol. The van der Waals surface area contributed by atoms with Crippen LogP contribution in [0.3, 0.4) is 0 Å². The molecule has 0 aliphatic heterocycles. The number of hydrogen-bond donors (Lipinski definition) is 1. The Morgan fingerprint density at radius 1 is 0.867 bits per heavy atom. The molecule has 4 heteroatoms. The van der Waals surface area contributed by atoms with E-state index in [1.165, 1.54) is 5.56 Å². The van der Waals surface area contributed by atoms with Crippen molar-refractivity contribution in [3.8, 4) is 11.1 Å². The van der Waals surface area contributed by atoms with E-state index in [2.05, 4.69) is 24.4 Å². The number of anilines is 2. The molecule has 5 rings (SSSR count). The third kappa shape index (κ3) is 2.80. The van der Waals surface area contributed by atoms with Crippen molar-refractivity contribution in [3.05, 3.63) is 94.3 Å². The predicted molar refractivity (Wildman–Crippen MR) is 124 cm³/mol. The fraction of sp³-hybridized carbons (Fsp3) is 0.115. The maximum Gasteiger partial charge on any atom is 0.262 e. The van der Waals surface area contributed by atoms with E-state index in [0.29, 0.717) is 16.9 Å². The largest absolute Gasteiger partial charge is 0.439 e. The van der Waals surface area contributed by atoms with Gasteiger partial charge in [-0.15, -0.1) is 0 Å². The smallest absolute Gasteiger partial charge is 0.262 e. The lowest BCUT2D eigenvalue weighted by molar-refractivity contribution is 0.637. The van der Waals surface area contributed by atoms with Gasteiger partial charge in [0.1, 0.15) is 0 Å². The molecule has 0 fully saturated rings. The van der Waals surface area contributed by atoms with E-state index < -0.39 is 0 Å². The van der Waals surface area contributed by atoms with Gasteiger partial charge in [0.2, 0.25) is 5.88 Å². The zero-order valence-corrected chi connectivity index (χ0v) is 17.2. The van der Waals surface area contributed by atoms with Crippen molar-refractivity contribution in [2.24, 2.45) is 7.05 Å². The third-order valence-corrected chi connectivity index (χ3v) is 5.67. The van der Waals surface area contributed by atoms with Crippen LogP contribution in [0.5, 0.6) is 0 Å². The Labute approximate surface area is 174 Å². The fourth-order valence-electron chi connectivity index (χ4n) is 3.98. The lowest BCUT2D eigenvalue weighted by Crippen LogP contribution is -2.17. The summed E-state index contributed by atoms with van der Waals surface area (Å²) in [6.45, 7) is 4.10. The Kier molecular flexibility index (Phi) is 4.21. The number of rotatable bonds is 3. The summed E-state index contributed by atoms with van der Waals surface area (Å²) in [7, 11) is 1.81. The summed E-state index contributed by atoms with van der Waals surface area (Å²) in [5.74, 6) is 0.580. The molecule has 0 unspecified atom stereocenters. The molecule has 4 nitrogen and oxygen atoms in total. The second-order valence-electron chi connectivity index (χ2n) is 7.70. The van der Waals surface area contributed by atoms with Crippen molar-refractivity contribution in [1.82, 2.24) is 4.57 Å². The molecule has 5 aromatic rings. The first-order valence-corrected chi connectivity index (χ1v) is 9.98. The van der Waals surface area contributed by atoms with Gasteiger partial charge in [-0.1, -0.05) is 60.2 Å². The van der Waals surface area contributed by atoms with Crippen LogP contribution in [-0.2, 0) is 7.05 Å². The van der Waals surface area contributed by atoms with Crippen LogP contribution in [0.4, 0.5) is 11.6 Å². The summed E-state index contributed by atoms with van der Waals surface area (Å²) in [4.78, 5) is 13.4. The van der Waals surface area contributed by atoms with E-state index in [0.717, 1.165) is 33.3 Å². The Morgan fingerprint density at radius 3 is 2.33 bits per heavy atom. The van der Waals surface area contributed by atoms with Crippen LogP contribution in [0.25, 0.3) is 33.0 Å². The lowest BCUT2D eigenvalue weighted by Gasteiger charge is -2.09. The first kappa shape index (κ1) is 18.3. The molecule has 0 saturated carbocycles. The Balaban J connectivity index is 1.89. The van der Waals surface area contributed by atoms with Crippen LogP contribution in [0.2, 0.25) is 0 Å². The minimum absolute atomic E-state index is 0.0686. The van der Waals surface area contributed by atoms with Crippen molar-refractivity contribution >= 4 is 33.4 Å². The Bertz CT molecular complexity index is 1460. The van der Waals surface area contributed by atoms with Gasteiger partial charge in [0.25, 0.3) is 5.56 Å². The Morgan fingerprint density at radius 2 is 1.57 bits per heavy atom. The minimum atomic E-state index is -0.0686. The topological polar surface area (TPSA) is 47.2 Å². The van der Waals surface area contributed by atoms with Crippen LogP contribution in [0, 0.1) is 13.8 Å². The molecule has 148 valence electrons. The highest BCUT2D eigenvalue weighted by Crippen LogP contribution is 2.41. The number of fused-ring (bicyclic) bond motifs is 3. The van der Waals surface area contributed by atoms with Gasteiger partial charge in [0.15, 0.2) is 5.58 Å². The molecule has 3 aromatic carbocycles. The van der Waals surface area contributed by atoms with Crippen molar-refractivity contribution in [1.29, 1.82) is 0 Å². The number of nitrogens with one attached hydrogen (secondary N) is 1. The molecular formula is C26H22N2O2. The second-order valence-corrected chi connectivity index (χ2v) is 7.70. The van der Waals surface area contributed by atoms with Gasteiger partial charge in [-0.05, 0) is 43.2 Å². The molecule has 30 heavy (non-hydrogen) atoms. The summed E-state index contributed by atoms with van der Waals surface area (Å²) < 4.78 is 8.06. The summed E-state index contributed by atoms with van der Waals surface area (Å²) in [6.07, 6.45) is 0. The summed E-state index contributed by atoms with van der Waals surface area (Å²) in [6, 6.07) is 24.1. The summed E-state index contributed by atoms with van der Waals surface area (Å²) in [5.41, 5.74) is 6.35. The molecule has 0 spiro atoms. The van der Waals surface area contributed by atoms with Crippen molar-refractivity contribution in [2.45, 2.75) is 13.8 Å². The number of aryl methyl sites for hydroxylation is 3. The normalized spacial score (nSPS) is 11.3. The lowest BCUT2D eigenvalue weighted by atomic mass is 10.0. The molecule has 0 atom stereocenters. The maximum atomic E-state index is 13.4. The maximum absolute atomic E-state index is 13.4. The quantitative estimate of drug-likeness (QED) is 0.390. The highest BCUT2D eigenvalue weighted by atomic mass is 16.4. The summed E-state index contributed by atoms with van der Waals surface area (Å²) >= 11 is 0. The first-order chi connectivity index (χ1) is 14.5. The molecule has 0 saturated heterocycles. The number of nitrogens with zero attached hydrogens (tertiary/aromatic N) is 1. The number of aromatic nitrogens is 1. The number of benzene rings is 3. The van der Waals surface area contributed by atoms with E-state index in [4.69, 9.17) is 4.42 Å². The molecule has 1 N–H and O–H groups in total. The van der Waals surface area contributed by atoms with Crippen molar-refractivity contribution < 1.29 is 4.42 Å². The number of hydrogen-bond acceptors (Lipinski definition) is 3. The highest BCUT2D eigenvalue weighted by molar-refractivity contribution is 6.11. The average molecular weight is 394 g/mol. The van der Waals surface area contributed by atoms with Gasteiger partial charge in [0.05, 0.1) is 16.5 Å². The fourth-order valence-corrected chi connectivity index (χ4v) is 3.98. The predicted octanol–water partition coefficient (Wildman–Crippen LogP) is 6.31. The molecule has 0 radical (unpaired) electrons. The van der Waals surface area contributed by atoms with Gasteiger partial charge in [-0.25, -0.2) is 0 Å². The van der Waals surface area contributed by atoms with Gasteiger partial charge in [0, 0.05) is 18.1 Å². The summed E-state index contributed by atoms with van der Waals surface area (Å²) in [5, 5.41) is 4.95. The molecule has 0 aliphatic rings. The minimum Gasteiger partial charge on any atom is -0.439 e. The van der Waals surface area contributed by atoms with E-state index in [9.17, 15) is 4.79 Å². The zero-order valence-electron chi connectivity index (χ0n) is 17.2. The van der Waals surface area contributed by atoms with Crippen LogP contribution >= 0.6 is 0 Å². The van der Waals surface area contributed by atoms with Gasteiger partial charge in [-0.2, -0.15) is 0 Å². The van der Waals surface area contributed by atoms with E-state index in [1.807, 2.05) is 74.6 Å². The van der Waals surface area contributed by atoms with E-state index in [-0.39, 0.29) is 5.56 Å². The highest BCUT2D eigenvalue weighted by Gasteiger charge is 2.23. The SMILES string of the molecule is Cc1ccc(-c2c(Nc3ccccc3C)oc3c2c(=O)n(C)c2ccccc32)cc1. The van der Waals surface area contributed by atoms with Crippen LogP contribution < -0.4 is 10.9 Å². The standard InChI is InChI=1S/C26H22N2O2/c1-16-12-14-18(15-13-16)22-23-24(19-9-5-7-11-21(19)28(3)26(23)29)30-25(22)27-20-10-6-4-8-17(20)2/h4-15,27H,1-3H3. The Hall–Kier alpha value is -3.79. The second kappa shape index (κ2) is 6.92. The molecule has 0 aliphatic carbocycles. The molecule has 0 bridgehead atoms. The van der Waals surface area contributed by atoms with E-state index >= 15 is 0 Å². The molecule has 0 amide bonds. The van der Waals surface area contributed by atoms with Crippen molar-refractivity contribution in [3.63, 3.8) is 0 Å². The zero-order chi connectivity index (χ0) is 20.8. The van der Waals surface area contributed by atoms with Gasteiger partial charge in [-0.3, -0.25) is 4.79 Å². The average Bonchev–Trinajstić information content (AvgIpc) is 3.14. The van der Waals surface area contributed by atoms with Crippen LogP contribution in [-0.4, -0.2) is 4.57 Å². The number of para-hydroxylation sites is 2. The number of pyridine rings is 1. The van der Waals surface area contributed by atoms with Crippen LogP contribution in [0.15, 0.2) is 82.0 Å². The molecule has 2 aromatic heterocycles. The van der Waals surface area contributed by atoms with Crippen molar-refractivity contribution in [2.75, 3.05) is 5.32 Å². The first-order valence-electron chi connectivity index (χ1n) is 9.98. The monoisotopic (exact) mass is 394 g/mol. The van der Waals surface area contributed by atoms with E-state index in [1.54, 1.807) is 4.57 Å². The van der Waals surface area contributed by atoms with Gasteiger partial charge >= 0.3 is 0 Å². The molecule has 2 heterocycles.